The molecule has 1 aromatic rings. The topological polar surface area (TPSA) is 95.8 Å². The summed E-state index contributed by atoms with van der Waals surface area (Å²) in [7, 11) is 1.31. The first-order chi connectivity index (χ1) is 12.2. The van der Waals surface area contributed by atoms with Gasteiger partial charge in [0.25, 0.3) is 0 Å². The Morgan fingerprint density at radius 3 is 2.62 bits per heavy atom. The summed E-state index contributed by atoms with van der Waals surface area (Å²) in [6.07, 6.45) is 1.40. The fourth-order valence-electron chi connectivity index (χ4n) is 2.73. The molecule has 1 aliphatic rings. The molecule has 8 heteroatoms. The second-order valence-electron chi connectivity index (χ2n) is 7.03. The van der Waals surface area contributed by atoms with Crippen LogP contribution >= 0.6 is 0 Å². The first-order valence-corrected chi connectivity index (χ1v) is 8.41. The van der Waals surface area contributed by atoms with Crippen LogP contribution in [0.4, 0.5) is 10.5 Å². The monoisotopic (exact) mass is 360 g/mol. The van der Waals surface area contributed by atoms with Crippen molar-refractivity contribution in [2.24, 2.45) is 0 Å². The number of nitriles is 1. The first kappa shape index (κ1) is 19.5. The molecule has 0 aliphatic carbocycles. The van der Waals surface area contributed by atoms with Gasteiger partial charge in [-0.2, -0.15) is 5.26 Å². The summed E-state index contributed by atoms with van der Waals surface area (Å²) in [4.78, 5) is 31.6. The number of ether oxygens (including phenoxy) is 2. The van der Waals surface area contributed by atoms with Crippen molar-refractivity contribution in [3.05, 3.63) is 24.0 Å². The molecule has 1 fully saturated rings. The molecule has 1 amide bonds. The van der Waals surface area contributed by atoms with Gasteiger partial charge < -0.3 is 19.3 Å². The van der Waals surface area contributed by atoms with E-state index in [2.05, 4.69) is 15.8 Å². The van der Waals surface area contributed by atoms with Gasteiger partial charge in [-0.3, -0.25) is 0 Å². The average Bonchev–Trinajstić information content (AvgIpc) is 2.60. The number of nitrogens with zero attached hydrogens (tertiary/aromatic N) is 4. The Morgan fingerprint density at radius 1 is 1.35 bits per heavy atom. The molecule has 2 rings (SSSR count). The quantitative estimate of drug-likeness (QED) is 0.763. The summed E-state index contributed by atoms with van der Waals surface area (Å²) in [6.45, 7) is 6.96. The van der Waals surface area contributed by atoms with Crippen molar-refractivity contribution in [3.8, 4) is 6.07 Å². The fourth-order valence-corrected chi connectivity index (χ4v) is 2.73. The van der Waals surface area contributed by atoms with Crippen LogP contribution in [0.5, 0.6) is 0 Å². The van der Waals surface area contributed by atoms with Crippen molar-refractivity contribution in [2.45, 2.75) is 38.8 Å². The van der Waals surface area contributed by atoms with E-state index in [0.717, 1.165) is 5.69 Å². The third kappa shape index (κ3) is 4.85. The Kier molecular flexibility index (Phi) is 6.03. The molecule has 140 valence electrons. The van der Waals surface area contributed by atoms with E-state index in [0.29, 0.717) is 19.6 Å². The van der Waals surface area contributed by atoms with Crippen molar-refractivity contribution in [2.75, 3.05) is 31.6 Å². The van der Waals surface area contributed by atoms with Crippen LogP contribution in [0.3, 0.4) is 0 Å². The van der Waals surface area contributed by atoms with E-state index in [-0.39, 0.29) is 18.2 Å². The molecular formula is C18H24N4O4. The highest BCUT2D eigenvalue weighted by atomic mass is 16.6. The zero-order valence-corrected chi connectivity index (χ0v) is 15.6. The second kappa shape index (κ2) is 8.04. The lowest BCUT2D eigenvalue weighted by atomic mass is 10.1. The zero-order chi connectivity index (χ0) is 19.3. The van der Waals surface area contributed by atoms with E-state index in [9.17, 15) is 9.59 Å². The lowest BCUT2D eigenvalue weighted by Gasteiger charge is -2.41. The average molecular weight is 360 g/mol. The van der Waals surface area contributed by atoms with E-state index >= 15 is 0 Å². The van der Waals surface area contributed by atoms with E-state index in [1.54, 1.807) is 23.2 Å². The summed E-state index contributed by atoms with van der Waals surface area (Å²) in [5, 5.41) is 9.12. The predicted octanol–water partition coefficient (Wildman–Crippen LogP) is 2.21. The number of hydrogen-bond donors (Lipinski definition) is 0. The van der Waals surface area contributed by atoms with Gasteiger partial charge in [0.1, 0.15) is 11.3 Å². The Bertz CT molecular complexity index is 691. The smallest absolute Gasteiger partial charge is 0.410 e. The number of amides is 1. The number of hydrogen-bond acceptors (Lipinski definition) is 7. The van der Waals surface area contributed by atoms with Crippen LogP contribution in [0, 0.1) is 11.3 Å². The number of carbonyl (C=O) groups is 2. The largest absolute Gasteiger partial charge is 0.464 e. The van der Waals surface area contributed by atoms with Crippen LogP contribution in [0.15, 0.2) is 18.3 Å². The number of anilines is 1. The molecule has 0 N–H and O–H groups in total. The Balaban J connectivity index is 2.10. The maximum atomic E-state index is 12.4. The predicted molar refractivity (Wildman–Crippen MR) is 94.7 cm³/mol. The maximum Gasteiger partial charge on any atom is 0.410 e. The van der Waals surface area contributed by atoms with Crippen LogP contribution in [0.2, 0.25) is 0 Å². The minimum atomic E-state index is -0.584. The molecule has 0 radical (unpaired) electrons. The number of esters is 1. The Morgan fingerprint density at radius 2 is 2.08 bits per heavy atom. The molecule has 8 nitrogen and oxygen atoms in total. The third-order valence-corrected chi connectivity index (χ3v) is 3.95. The van der Waals surface area contributed by atoms with Crippen LogP contribution in [0.1, 0.15) is 37.7 Å². The molecule has 0 aromatic carbocycles. The normalized spacial score (nSPS) is 17.4. The number of piperazine rings is 1. The highest BCUT2D eigenvalue weighted by Gasteiger charge is 2.33. The van der Waals surface area contributed by atoms with Crippen molar-refractivity contribution >= 4 is 17.7 Å². The van der Waals surface area contributed by atoms with Gasteiger partial charge in [0.05, 0.1) is 37.5 Å². The van der Waals surface area contributed by atoms with Gasteiger partial charge in [-0.15, -0.1) is 0 Å². The number of rotatable bonds is 3. The van der Waals surface area contributed by atoms with Crippen molar-refractivity contribution in [1.29, 1.82) is 5.26 Å². The lowest BCUT2D eigenvalue weighted by Crippen LogP contribution is -2.56. The molecule has 1 saturated heterocycles. The molecule has 1 unspecified atom stereocenters. The fraction of sp³-hybridized carbons (Fsp3) is 0.556. The summed E-state index contributed by atoms with van der Waals surface area (Å²) in [5.74, 6) is -0.492. The maximum absolute atomic E-state index is 12.4. The van der Waals surface area contributed by atoms with Crippen LogP contribution in [-0.2, 0) is 9.47 Å². The van der Waals surface area contributed by atoms with E-state index in [4.69, 9.17) is 10.00 Å². The van der Waals surface area contributed by atoms with Crippen molar-refractivity contribution in [3.63, 3.8) is 0 Å². The van der Waals surface area contributed by atoms with E-state index < -0.39 is 17.7 Å². The van der Waals surface area contributed by atoms with E-state index in [1.807, 2.05) is 25.7 Å². The zero-order valence-electron chi connectivity index (χ0n) is 15.6. The SMILES string of the molecule is COC(=O)c1ccc(N2CCN(C(=O)OC(C)(C)C)C(CC#N)C2)cn1. The molecule has 0 spiro atoms. The van der Waals surface area contributed by atoms with Gasteiger partial charge in [-0.1, -0.05) is 0 Å². The van der Waals surface area contributed by atoms with Crippen molar-refractivity contribution in [1.82, 2.24) is 9.88 Å². The van der Waals surface area contributed by atoms with Gasteiger partial charge >= 0.3 is 12.1 Å². The highest BCUT2D eigenvalue weighted by molar-refractivity contribution is 5.87. The summed E-state index contributed by atoms with van der Waals surface area (Å²) in [5.41, 5.74) is 0.473. The first-order valence-electron chi connectivity index (χ1n) is 8.41. The molecule has 1 aliphatic heterocycles. The number of methoxy groups -OCH3 is 1. The Hall–Kier alpha value is -2.82. The number of aromatic nitrogens is 1. The number of pyridine rings is 1. The summed E-state index contributed by atoms with van der Waals surface area (Å²) >= 11 is 0. The summed E-state index contributed by atoms with van der Waals surface area (Å²) in [6, 6.07) is 5.24. The minimum absolute atomic E-state index is 0.212. The van der Waals surface area contributed by atoms with Gasteiger partial charge in [-0.25, -0.2) is 14.6 Å². The lowest BCUT2D eigenvalue weighted by molar-refractivity contribution is 0.0145. The van der Waals surface area contributed by atoms with Crippen LogP contribution < -0.4 is 4.90 Å². The molecule has 1 atom stereocenters. The third-order valence-electron chi connectivity index (χ3n) is 3.95. The molecule has 0 saturated carbocycles. The van der Waals surface area contributed by atoms with Crippen molar-refractivity contribution < 1.29 is 19.1 Å². The molecule has 26 heavy (non-hydrogen) atoms. The molecule has 1 aromatic heterocycles. The van der Waals surface area contributed by atoms with E-state index in [1.165, 1.54) is 7.11 Å². The standard InChI is InChI=1S/C18H24N4O4/c1-18(2,3)26-17(24)22-10-9-21(12-14(22)7-8-19)13-5-6-15(20-11-13)16(23)25-4/h5-6,11,14H,7,9-10,12H2,1-4H3. The van der Waals surface area contributed by atoms with Gasteiger partial charge in [0.2, 0.25) is 0 Å². The molecule has 2 heterocycles. The van der Waals surface area contributed by atoms with Gasteiger partial charge in [-0.05, 0) is 32.9 Å². The van der Waals surface area contributed by atoms with Crippen LogP contribution in [0.25, 0.3) is 0 Å². The second-order valence-corrected chi connectivity index (χ2v) is 7.03. The minimum Gasteiger partial charge on any atom is -0.464 e. The Labute approximate surface area is 153 Å². The molecule has 0 bridgehead atoms. The number of carbonyl (C=O) groups excluding carboxylic acids is 2. The van der Waals surface area contributed by atoms with Crippen LogP contribution in [-0.4, -0.2) is 60.3 Å². The van der Waals surface area contributed by atoms with Gasteiger partial charge in [0.15, 0.2) is 0 Å². The summed E-state index contributed by atoms with van der Waals surface area (Å²) < 4.78 is 10.1. The highest BCUT2D eigenvalue weighted by Crippen LogP contribution is 2.22. The molecular weight excluding hydrogens is 336 g/mol. The van der Waals surface area contributed by atoms with Gasteiger partial charge in [0, 0.05) is 19.6 Å².